The fourth-order valence-corrected chi connectivity index (χ4v) is 3.30. The SMILES string of the molecule is Cc1cc(NC(=O)C2CCS(=O)(=O)CC2)no1. The van der Waals surface area contributed by atoms with Crippen LogP contribution >= 0.6 is 0 Å². The number of anilines is 1. The predicted octanol–water partition coefficient (Wildman–Crippen LogP) is 0.746. The van der Waals surface area contributed by atoms with Crippen LogP contribution in [0.3, 0.4) is 0 Å². The molecule has 0 atom stereocenters. The van der Waals surface area contributed by atoms with Crippen LogP contribution in [0.5, 0.6) is 0 Å². The van der Waals surface area contributed by atoms with Gasteiger partial charge in [-0.15, -0.1) is 0 Å². The number of hydrogen-bond donors (Lipinski definition) is 1. The number of carbonyl (C=O) groups excluding carboxylic acids is 1. The van der Waals surface area contributed by atoms with Crippen LogP contribution in [0.1, 0.15) is 18.6 Å². The molecule has 1 saturated heterocycles. The third kappa shape index (κ3) is 3.06. The topological polar surface area (TPSA) is 89.3 Å². The minimum atomic E-state index is -2.93. The number of aromatic nitrogens is 1. The average Bonchev–Trinajstić information content (AvgIpc) is 2.63. The molecule has 1 aliphatic rings. The summed E-state index contributed by atoms with van der Waals surface area (Å²) in [7, 11) is -2.93. The van der Waals surface area contributed by atoms with Gasteiger partial charge in [-0.1, -0.05) is 5.16 Å². The maximum Gasteiger partial charge on any atom is 0.228 e. The van der Waals surface area contributed by atoms with Crippen molar-refractivity contribution < 1.29 is 17.7 Å². The second-order valence-electron chi connectivity index (χ2n) is 4.24. The molecule has 7 heteroatoms. The van der Waals surface area contributed by atoms with E-state index in [1.54, 1.807) is 13.0 Å². The molecule has 1 N–H and O–H groups in total. The molecular weight excluding hydrogens is 244 g/mol. The van der Waals surface area contributed by atoms with Crippen molar-refractivity contribution in [2.45, 2.75) is 19.8 Å². The lowest BCUT2D eigenvalue weighted by molar-refractivity contribution is -0.120. The Morgan fingerprint density at radius 1 is 1.47 bits per heavy atom. The van der Waals surface area contributed by atoms with E-state index in [2.05, 4.69) is 10.5 Å². The zero-order valence-electron chi connectivity index (χ0n) is 9.47. The van der Waals surface area contributed by atoms with Crippen LogP contribution in [0.25, 0.3) is 0 Å². The smallest absolute Gasteiger partial charge is 0.228 e. The molecule has 0 bridgehead atoms. The Kier molecular flexibility index (Phi) is 3.19. The Morgan fingerprint density at radius 3 is 2.65 bits per heavy atom. The number of nitrogens with one attached hydrogen (secondary N) is 1. The molecular formula is C10H14N2O4S. The molecule has 6 nitrogen and oxygen atoms in total. The number of carbonyl (C=O) groups is 1. The third-order valence-corrected chi connectivity index (χ3v) is 4.52. The highest BCUT2D eigenvalue weighted by molar-refractivity contribution is 7.91. The lowest BCUT2D eigenvalue weighted by Crippen LogP contribution is -2.31. The van der Waals surface area contributed by atoms with Crippen molar-refractivity contribution in [2.24, 2.45) is 5.92 Å². The van der Waals surface area contributed by atoms with Gasteiger partial charge in [0.2, 0.25) is 5.91 Å². The first-order valence-corrected chi connectivity index (χ1v) is 7.23. The maximum absolute atomic E-state index is 11.8. The molecule has 1 fully saturated rings. The van der Waals surface area contributed by atoms with Crippen LogP contribution in [-0.4, -0.2) is 31.0 Å². The molecule has 0 aromatic carbocycles. The third-order valence-electron chi connectivity index (χ3n) is 2.80. The highest BCUT2D eigenvalue weighted by atomic mass is 32.2. The van der Waals surface area contributed by atoms with Gasteiger partial charge in [-0.05, 0) is 19.8 Å². The van der Waals surface area contributed by atoms with Gasteiger partial charge in [0.25, 0.3) is 0 Å². The molecule has 17 heavy (non-hydrogen) atoms. The fraction of sp³-hybridized carbons (Fsp3) is 0.600. The summed E-state index contributed by atoms with van der Waals surface area (Å²) in [5.74, 6) is 0.725. The number of aryl methyl sites for hydroxylation is 1. The number of hydrogen-bond acceptors (Lipinski definition) is 5. The van der Waals surface area contributed by atoms with E-state index < -0.39 is 9.84 Å². The lowest BCUT2D eigenvalue weighted by Gasteiger charge is -2.20. The molecule has 0 spiro atoms. The van der Waals surface area contributed by atoms with Gasteiger partial charge < -0.3 is 9.84 Å². The van der Waals surface area contributed by atoms with Crippen molar-refractivity contribution in [2.75, 3.05) is 16.8 Å². The van der Waals surface area contributed by atoms with E-state index in [-0.39, 0.29) is 23.3 Å². The van der Waals surface area contributed by atoms with E-state index in [9.17, 15) is 13.2 Å². The van der Waals surface area contributed by atoms with Crippen molar-refractivity contribution >= 4 is 21.6 Å². The number of amides is 1. The maximum atomic E-state index is 11.8. The molecule has 2 rings (SSSR count). The van der Waals surface area contributed by atoms with Gasteiger partial charge in [0.05, 0.1) is 11.5 Å². The van der Waals surface area contributed by atoms with Crippen molar-refractivity contribution in [3.63, 3.8) is 0 Å². The van der Waals surface area contributed by atoms with Gasteiger partial charge in [0.15, 0.2) is 5.82 Å². The van der Waals surface area contributed by atoms with Gasteiger partial charge in [-0.25, -0.2) is 8.42 Å². The Balaban J connectivity index is 1.93. The number of sulfone groups is 1. The van der Waals surface area contributed by atoms with Crippen LogP contribution < -0.4 is 5.32 Å². The minimum absolute atomic E-state index is 0.0862. The van der Waals surface area contributed by atoms with Crippen LogP contribution in [-0.2, 0) is 14.6 Å². The van der Waals surface area contributed by atoms with Crippen molar-refractivity contribution in [3.8, 4) is 0 Å². The molecule has 0 radical (unpaired) electrons. The van der Waals surface area contributed by atoms with Crippen molar-refractivity contribution in [1.29, 1.82) is 0 Å². The van der Waals surface area contributed by atoms with E-state index in [4.69, 9.17) is 4.52 Å². The highest BCUT2D eigenvalue weighted by Gasteiger charge is 2.28. The van der Waals surface area contributed by atoms with Gasteiger partial charge >= 0.3 is 0 Å². The van der Waals surface area contributed by atoms with Gasteiger partial charge in [-0.3, -0.25) is 4.79 Å². The normalized spacial score (nSPS) is 20.1. The Labute approximate surface area is 99.3 Å². The second kappa shape index (κ2) is 4.48. The van der Waals surface area contributed by atoms with Gasteiger partial charge in [-0.2, -0.15) is 0 Å². The highest BCUT2D eigenvalue weighted by Crippen LogP contribution is 2.20. The molecule has 1 aromatic rings. The first-order chi connectivity index (χ1) is 7.96. The molecule has 1 amide bonds. The largest absolute Gasteiger partial charge is 0.360 e. The van der Waals surface area contributed by atoms with E-state index in [0.29, 0.717) is 24.4 Å². The molecule has 0 unspecified atom stereocenters. The average molecular weight is 258 g/mol. The minimum Gasteiger partial charge on any atom is -0.360 e. The van der Waals surface area contributed by atoms with E-state index in [1.165, 1.54) is 0 Å². The molecule has 2 heterocycles. The summed E-state index contributed by atoms with van der Waals surface area (Å²) in [6.07, 6.45) is 0.760. The zero-order chi connectivity index (χ0) is 12.5. The van der Waals surface area contributed by atoms with Crippen LogP contribution in [0.15, 0.2) is 10.6 Å². The van der Waals surface area contributed by atoms with Gasteiger partial charge in [0.1, 0.15) is 15.6 Å². The molecule has 1 aromatic heterocycles. The predicted molar refractivity (Wildman–Crippen MR) is 61.2 cm³/mol. The van der Waals surface area contributed by atoms with E-state index >= 15 is 0 Å². The lowest BCUT2D eigenvalue weighted by atomic mass is 10.0. The van der Waals surface area contributed by atoms with Crippen LogP contribution in [0.4, 0.5) is 5.82 Å². The number of rotatable bonds is 2. The van der Waals surface area contributed by atoms with Crippen molar-refractivity contribution in [1.82, 2.24) is 5.16 Å². The molecule has 0 saturated carbocycles. The van der Waals surface area contributed by atoms with E-state index in [0.717, 1.165) is 0 Å². The summed E-state index contributed by atoms with van der Waals surface area (Å²) < 4.78 is 27.3. The fourth-order valence-electron chi connectivity index (χ4n) is 1.81. The Hall–Kier alpha value is -1.37. The van der Waals surface area contributed by atoms with Crippen LogP contribution in [0, 0.1) is 12.8 Å². The summed E-state index contributed by atoms with van der Waals surface area (Å²) in [5, 5.41) is 6.28. The molecule has 0 aliphatic carbocycles. The Bertz CT molecular complexity index is 506. The van der Waals surface area contributed by atoms with Gasteiger partial charge in [0, 0.05) is 12.0 Å². The zero-order valence-corrected chi connectivity index (χ0v) is 10.3. The van der Waals surface area contributed by atoms with Crippen LogP contribution in [0.2, 0.25) is 0 Å². The first-order valence-electron chi connectivity index (χ1n) is 5.41. The summed E-state index contributed by atoms with van der Waals surface area (Å²) in [6.45, 7) is 1.73. The monoisotopic (exact) mass is 258 g/mol. The summed E-state index contributed by atoms with van der Waals surface area (Å²) >= 11 is 0. The quantitative estimate of drug-likeness (QED) is 0.845. The first kappa shape index (κ1) is 12.1. The molecule has 1 aliphatic heterocycles. The summed E-state index contributed by atoms with van der Waals surface area (Å²) in [6, 6.07) is 1.62. The van der Waals surface area contributed by atoms with Crippen molar-refractivity contribution in [3.05, 3.63) is 11.8 Å². The second-order valence-corrected chi connectivity index (χ2v) is 6.54. The summed E-state index contributed by atoms with van der Waals surface area (Å²) in [5.41, 5.74) is 0. The van der Waals surface area contributed by atoms with E-state index in [1.807, 2.05) is 0 Å². The number of nitrogens with zero attached hydrogens (tertiary/aromatic N) is 1. The Morgan fingerprint density at radius 2 is 2.12 bits per heavy atom. The summed E-state index contributed by atoms with van der Waals surface area (Å²) in [4.78, 5) is 11.8. The molecule has 94 valence electrons. The standard InChI is InChI=1S/C10H14N2O4S/c1-7-6-9(12-16-7)11-10(13)8-2-4-17(14,15)5-3-8/h6,8H,2-5H2,1H3,(H,11,12,13).